The fraction of sp³-hybridized carbons (Fsp3) is 0.0714. The summed E-state index contributed by atoms with van der Waals surface area (Å²) in [5, 5.41) is 0.376. The monoisotopic (exact) mass is 280 g/mol. The van der Waals surface area contributed by atoms with Crippen LogP contribution in [0, 0.1) is 0 Å². The minimum Gasteiger partial charge on any atom is -0.457 e. The van der Waals surface area contributed by atoms with Crippen LogP contribution in [-0.2, 0) is 0 Å². The Morgan fingerprint density at radius 2 is 1.78 bits per heavy atom. The molecule has 18 heavy (non-hydrogen) atoms. The number of benzene rings is 2. The first kappa shape index (κ1) is 12.9. The van der Waals surface area contributed by atoms with Crippen LogP contribution in [0.3, 0.4) is 0 Å². The second kappa shape index (κ2) is 5.89. The van der Waals surface area contributed by atoms with E-state index in [1.807, 2.05) is 30.3 Å². The maximum Gasteiger partial charge on any atom is 0.179 e. The van der Waals surface area contributed by atoms with Gasteiger partial charge in [-0.3, -0.25) is 4.79 Å². The van der Waals surface area contributed by atoms with Gasteiger partial charge in [-0.05, 0) is 30.3 Å². The number of carbonyl (C=O) groups excluding carboxylic acids is 1. The van der Waals surface area contributed by atoms with E-state index in [0.717, 1.165) is 0 Å². The zero-order valence-corrected chi connectivity index (χ0v) is 10.9. The molecule has 0 saturated carbocycles. The molecule has 0 unspecified atom stereocenters. The third-order valence-corrected chi connectivity index (χ3v) is 2.91. The van der Waals surface area contributed by atoms with Crippen LogP contribution in [0.5, 0.6) is 11.5 Å². The maximum absolute atomic E-state index is 11.6. The van der Waals surface area contributed by atoms with Gasteiger partial charge < -0.3 is 4.74 Å². The first-order chi connectivity index (χ1) is 8.70. The molecule has 2 rings (SSSR count). The third-order valence-electron chi connectivity index (χ3n) is 2.34. The van der Waals surface area contributed by atoms with Crippen LogP contribution >= 0.6 is 23.2 Å². The highest BCUT2D eigenvalue weighted by molar-refractivity contribution is 6.37. The summed E-state index contributed by atoms with van der Waals surface area (Å²) in [6, 6.07) is 14.2. The highest BCUT2D eigenvalue weighted by Gasteiger charge is 2.10. The first-order valence-corrected chi connectivity index (χ1v) is 6.23. The van der Waals surface area contributed by atoms with E-state index in [1.165, 1.54) is 0 Å². The summed E-state index contributed by atoms with van der Waals surface area (Å²) in [4.78, 5) is 11.6. The zero-order valence-electron chi connectivity index (χ0n) is 9.40. The zero-order chi connectivity index (χ0) is 13.0. The summed E-state index contributed by atoms with van der Waals surface area (Å²) < 4.78 is 5.61. The number of alkyl halides is 1. The Morgan fingerprint density at radius 3 is 2.44 bits per heavy atom. The van der Waals surface area contributed by atoms with Gasteiger partial charge in [-0.1, -0.05) is 29.8 Å². The lowest BCUT2D eigenvalue weighted by Gasteiger charge is -2.08. The molecule has 0 amide bonds. The smallest absolute Gasteiger partial charge is 0.179 e. The van der Waals surface area contributed by atoms with Gasteiger partial charge in [0.25, 0.3) is 0 Å². The largest absolute Gasteiger partial charge is 0.457 e. The topological polar surface area (TPSA) is 26.3 Å². The van der Waals surface area contributed by atoms with Crippen molar-refractivity contribution in [3.8, 4) is 11.5 Å². The van der Waals surface area contributed by atoms with Crippen molar-refractivity contribution in [1.82, 2.24) is 0 Å². The number of rotatable bonds is 4. The van der Waals surface area contributed by atoms with E-state index in [-0.39, 0.29) is 11.7 Å². The molecule has 92 valence electrons. The van der Waals surface area contributed by atoms with E-state index in [0.29, 0.717) is 22.1 Å². The van der Waals surface area contributed by atoms with E-state index in [2.05, 4.69) is 0 Å². The molecule has 0 aliphatic rings. The molecule has 0 spiro atoms. The van der Waals surface area contributed by atoms with Crippen LogP contribution < -0.4 is 4.74 Å². The molecule has 2 nitrogen and oxygen atoms in total. The Balaban J connectivity index is 2.27. The summed E-state index contributed by atoms with van der Waals surface area (Å²) in [5.41, 5.74) is 0.375. The van der Waals surface area contributed by atoms with Crippen molar-refractivity contribution < 1.29 is 9.53 Å². The van der Waals surface area contributed by atoms with Crippen molar-refractivity contribution >= 4 is 29.0 Å². The van der Waals surface area contributed by atoms with Crippen LogP contribution in [0.1, 0.15) is 10.4 Å². The van der Waals surface area contributed by atoms with Gasteiger partial charge in [0.15, 0.2) is 5.78 Å². The predicted octanol–water partition coefficient (Wildman–Crippen LogP) is 4.55. The molecule has 4 heteroatoms. The summed E-state index contributed by atoms with van der Waals surface area (Å²) in [6.45, 7) is 0. The Hall–Kier alpha value is -1.51. The lowest BCUT2D eigenvalue weighted by molar-refractivity contribution is 0.102. The molecule has 0 saturated heterocycles. The van der Waals surface area contributed by atoms with Gasteiger partial charge in [-0.25, -0.2) is 0 Å². The molecule has 0 heterocycles. The van der Waals surface area contributed by atoms with E-state index >= 15 is 0 Å². The van der Waals surface area contributed by atoms with Gasteiger partial charge >= 0.3 is 0 Å². The molecule has 0 aliphatic heterocycles. The van der Waals surface area contributed by atoms with Gasteiger partial charge in [-0.15, -0.1) is 11.6 Å². The van der Waals surface area contributed by atoms with Gasteiger partial charge in [0.05, 0.1) is 10.9 Å². The summed E-state index contributed by atoms with van der Waals surface area (Å²) in [7, 11) is 0. The standard InChI is InChI=1S/C14H10Cl2O2/c15-9-14(17)12-8-11(6-7-13(12)16)18-10-4-2-1-3-5-10/h1-8H,9H2. The van der Waals surface area contributed by atoms with E-state index in [4.69, 9.17) is 27.9 Å². The van der Waals surface area contributed by atoms with Gasteiger partial charge in [0.1, 0.15) is 11.5 Å². The molecule has 0 atom stereocenters. The van der Waals surface area contributed by atoms with Crippen molar-refractivity contribution in [3.05, 3.63) is 59.1 Å². The van der Waals surface area contributed by atoms with E-state index in [9.17, 15) is 4.79 Å². The van der Waals surface area contributed by atoms with E-state index in [1.54, 1.807) is 18.2 Å². The third kappa shape index (κ3) is 3.03. The summed E-state index contributed by atoms with van der Waals surface area (Å²) >= 11 is 11.5. The first-order valence-electron chi connectivity index (χ1n) is 5.32. The summed E-state index contributed by atoms with van der Waals surface area (Å²) in [6.07, 6.45) is 0. The molecule has 0 N–H and O–H groups in total. The molecule has 2 aromatic rings. The fourth-order valence-corrected chi connectivity index (χ4v) is 1.85. The van der Waals surface area contributed by atoms with Crippen molar-refractivity contribution in [2.75, 3.05) is 5.88 Å². The molecule has 0 radical (unpaired) electrons. The minimum absolute atomic E-state index is 0.103. The van der Waals surface area contributed by atoms with Crippen LogP contribution in [0.2, 0.25) is 5.02 Å². The number of ether oxygens (including phenoxy) is 1. The number of carbonyl (C=O) groups is 1. The van der Waals surface area contributed by atoms with Crippen molar-refractivity contribution in [2.24, 2.45) is 0 Å². The number of hydrogen-bond acceptors (Lipinski definition) is 2. The van der Waals surface area contributed by atoms with Gasteiger partial charge in [-0.2, -0.15) is 0 Å². The van der Waals surface area contributed by atoms with Crippen LogP contribution in [-0.4, -0.2) is 11.7 Å². The van der Waals surface area contributed by atoms with Crippen LogP contribution in [0.15, 0.2) is 48.5 Å². The average Bonchev–Trinajstić information content (AvgIpc) is 2.41. The molecule has 0 bridgehead atoms. The molecule has 2 aromatic carbocycles. The maximum atomic E-state index is 11.6. The highest BCUT2D eigenvalue weighted by Crippen LogP contribution is 2.26. The molecule has 0 aromatic heterocycles. The SMILES string of the molecule is O=C(CCl)c1cc(Oc2ccccc2)ccc1Cl. The second-order valence-corrected chi connectivity index (χ2v) is 4.29. The number of hydrogen-bond donors (Lipinski definition) is 0. The average molecular weight is 281 g/mol. The Kier molecular flexibility index (Phi) is 4.24. The van der Waals surface area contributed by atoms with Crippen molar-refractivity contribution in [2.45, 2.75) is 0 Å². The highest BCUT2D eigenvalue weighted by atomic mass is 35.5. The predicted molar refractivity (Wildman–Crippen MR) is 73.0 cm³/mol. The lowest BCUT2D eigenvalue weighted by atomic mass is 10.1. The molecule has 0 aliphatic carbocycles. The van der Waals surface area contributed by atoms with Gasteiger partial charge in [0.2, 0.25) is 0 Å². The number of para-hydroxylation sites is 1. The quantitative estimate of drug-likeness (QED) is 0.607. The van der Waals surface area contributed by atoms with Crippen LogP contribution in [0.25, 0.3) is 0 Å². The number of halogens is 2. The number of Topliss-reactive ketones (excluding diaryl/α,β-unsaturated/α-hetero) is 1. The van der Waals surface area contributed by atoms with E-state index < -0.39 is 0 Å². The Bertz CT molecular complexity index is 553. The molecular weight excluding hydrogens is 271 g/mol. The number of ketones is 1. The summed E-state index contributed by atoms with van der Waals surface area (Å²) in [5.74, 6) is 0.928. The molecule has 0 fully saturated rings. The van der Waals surface area contributed by atoms with Crippen molar-refractivity contribution in [3.63, 3.8) is 0 Å². The van der Waals surface area contributed by atoms with Gasteiger partial charge in [0, 0.05) is 5.56 Å². The fourth-order valence-electron chi connectivity index (χ4n) is 1.48. The molecular formula is C14H10Cl2O2. The lowest BCUT2D eigenvalue weighted by Crippen LogP contribution is -2.01. The van der Waals surface area contributed by atoms with Crippen LogP contribution in [0.4, 0.5) is 0 Å². The second-order valence-electron chi connectivity index (χ2n) is 3.61. The Labute approximate surface area is 115 Å². The van der Waals surface area contributed by atoms with Crippen molar-refractivity contribution in [1.29, 1.82) is 0 Å². The Morgan fingerprint density at radius 1 is 1.06 bits per heavy atom. The normalized spacial score (nSPS) is 10.1. The minimum atomic E-state index is -0.222.